The average molecular weight is 198 g/mol. The number of ether oxygens (including phenoxy) is 1. The predicted octanol–water partition coefficient (Wildman–Crippen LogP) is 1.50. The van der Waals surface area contributed by atoms with Crippen LogP contribution in [-0.4, -0.2) is 24.9 Å². The normalized spacial score (nSPS) is 10.7. The molecule has 0 fully saturated rings. The lowest BCUT2D eigenvalue weighted by Crippen LogP contribution is -2.19. The Balaban J connectivity index is 1.99. The molecule has 0 amide bonds. The first-order valence-corrected chi connectivity index (χ1v) is 5.03. The average Bonchev–Trinajstić information content (AvgIpc) is 2.58. The fourth-order valence-electron chi connectivity index (χ4n) is 1.10. The Kier molecular flexibility index (Phi) is 5.25. The summed E-state index contributed by atoms with van der Waals surface area (Å²) in [5.74, 6) is 0.873. The molecule has 14 heavy (non-hydrogen) atoms. The zero-order valence-corrected chi connectivity index (χ0v) is 8.88. The van der Waals surface area contributed by atoms with Crippen LogP contribution in [0.2, 0.25) is 0 Å². The first-order valence-electron chi connectivity index (χ1n) is 5.03. The van der Waals surface area contributed by atoms with Gasteiger partial charge in [0.1, 0.15) is 0 Å². The molecule has 0 saturated heterocycles. The van der Waals surface area contributed by atoms with Gasteiger partial charge in [-0.25, -0.2) is 0 Å². The molecular weight excluding hydrogens is 180 g/mol. The van der Waals surface area contributed by atoms with E-state index in [0.717, 1.165) is 44.2 Å². The lowest BCUT2D eigenvalue weighted by molar-refractivity contribution is 0.136. The fourth-order valence-corrected chi connectivity index (χ4v) is 1.10. The van der Waals surface area contributed by atoms with Crippen molar-refractivity contribution in [2.75, 3.05) is 19.8 Å². The Morgan fingerprint density at radius 3 is 3.00 bits per heavy atom. The van der Waals surface area contributed by atoms with E-state index >= 15 is 0 Å². The van der Waals surface area contributed by atoms with Crippen molar-refractivity contribution >= 4 is 0 Å². The Morgan fingerprint density at radius 1 is 1.50 bits per heavy atom. The molecule has 1 N–H and O–H groups in total. The first kappa shape index (κ1) is 11.2. The minimum atomic E-state index is 0.719. The van der Waals surface area contributed by atoms with E-state index in [1.807, 2.05) is 13.0 Å². The summed E-state index contributed by atoms with van der Waals surface area (Å²) in [5.41, 5.74) is 0.920. The fraction of sp³-hybridized carbons (Fsp3) is 0.700. The molecular formula is C10H18N2O2. The lowest BCUT2D eigenvalue weighted by atomic mass is 10.4. The summed E-state index contributed by atoms with van der Waals surface area (Å²) in [6, 6.07) is 1.93. The second kappa shape index (κ2) is 6.56. The maximum absolute atomic E-state index is 5.32. The standard InChI is InChI=1S/C10H18N2O2/c1-3-5-13-6-4-11-8-10-7-9(2)12-14-10/h7,11H,3-6,8H2,1-2H3. The van der Waals surface area contributed by atoms with Gasteiger partial charge in [0, 0.05) is 19.2 Å². The van der Waals surface area contributed by atoms with Gasteiger partial charge in [-0.15, -0.1) is 0 Å². The number of nitrogens with zero attached hydrogens (tertiary/aromatic N) is 1. The van der Waals surface area contributed by atoms with Gasteiger partial charge in [0.15, 0.2) is 5.76 Å². The molecule has 1 aromatic rings. The predicted molar refractivity (Wildman–Crippen MR) is 54.1 cm³/mol. The van der Waals surface area contributed by atoms with Crippen molar-refractivity contribution in [3.8, 4) is 0 Å². The summed E-state index contributed by atoms with van der Waals surface area (Å²) < 4.78 is 10.4. The molecule has 0 atom stereocenters. The number of aryl methyl sites for hydroxylation is 1. The van der Waals surface area contributed by atoms with E-state index in [9.17, 15) is 0 Å². The van der Waals surface area contributed by atoms with E-state index in [-0.39, 0.29) is 0 Å². The number of hydrogen-bond donors (Lipinski definition) is 1. The summed E-state index contributed by atoms with van der Waals surface area (Å²) in [4.78, 5) is 0. The Morgan fingerprint density at radius 2 is 2.36 bits per heavy atom. The summed E-state index contributed by atoms with van der Waals surface area (Å²) in [5, 5.41) is 7.01. The molecule has 0 bridgehead atoms. The molecule has 0 aliphatic carbocycles. The molecule has 0 unspecified atom stereocenters. The third-order valence-corrected chi connectivity index (χ3v) is 1.75. The molecule has 0 aliphatic heterocycles. The number of hydrogen-bond acceptors (Lipinski definition) is 4. The van der Waals surface area contributed by atoms with Crippen molar-refractivity contribution in [3.63, 3.8) is 0 Å². The Bertz CT molecular complexity index is 248. The van der Waals surface area contributed by atoms with Crippen LogP contribution in [0.1, 0.15) is 24.8 Å². The summed E-state index contributed by atoms with van der Waals surface area (Å²) >= 11 is 0. The third-order valence-electron chi connectivity index (χ3n) is 1.75. The smallest absolute Gasteiger partial charge is 0.150 e. The minimum Gasteiger partial charge on any atom is -0.380 e. The molecule has 0 aliphatic rings. The highest BCUT2D eigenvalue weighted by Crippen LogP contribution is 2.00. The molecule has 1 aromatic heterocycles. The first-order chi connectivity index (χ1) is 6.83. The van der Waals surface area contributed by atoms with Crippen molar-refractivity contribution < 1.29 is 9.26 Å². The van der Waals surface area contributed by atoms with E-state index in [0.29, 0.717) is 0 Å². The van der Waals surface area contributed by atoms with E-state index in [1.165, 1.54) is 0 Å². The summed E-state index contributed by atoms with van der Waals surface area (Å²) in [6.45, 7) is 7.17. The second-order valence-corrected chi connectivity index (χ2v) is 3.22. The molecule has 0 aromatic carbocycles. The van der Waals surface area contributed by atoms with Crippen molar-refractivity contribution in [3.05, 3.63) is 17.5 Å². The van der Waals surface area contributed by atoms with Gasteiger partial charge >= 0.3 is 0 Å². The minimum absolute atomic E-state index is 0.719. The number of rotatable bonds is 7. The molecule has 1 heterocycles. The van der Waals surface area contributed by atoms with E-state index in [2.05, 4.69) is 17.4 Å². The van der Waals surface area contributed by atoms with Crippen LogP contribution in [0.3, 0.4) is 0 Å². The molecule has 4 nitrogen and oxygen atoms in total. The molecule has 0 spiro atoms. The van der Waals surface area contributed by atoms with Crippen molar-refractivity contribution in [2.45, 2.75) is 26.8 Å². The molecule has 4 heteroatoms. The summed E-state index contributed by atoms with van der Waals surface area (Å²) in [7, 11) is 0. The SMILES string of the molecule is CCCOCCNCc1cc(C)no1. The van der Waals surface area contributed by atoms with Gasteiger partial charge < -0.3 is 14.6 Å². The zero-order valence-electron chi connectivity index (χ0n) is 8.88. The number of aromatic nitrogens is 1. The highest BCUT2D eigenvalue weighted by molar-refractivity contribution is 5.02. The summed E-state index contributed by atoms with van der Waals surface area (Å²) in [6.07, 6.45) is 1.07. The molecule has 0 radical (unpaired) electrons. The van der Waals surface area contributed by atoms with Crippen LogP contribution in [0.15, 0.2) is 10.6 Å². The molecule has 1 rings (SSSR count). The van der Waals surface area contributed by atoms with E-state index in [1.54, 1.807) is 0 Å². The molecule has 0 saturated carbocycles. The Labute approximate surface area is 84.6 Å². The van der Waals surface area contributed by atoms with Crippen LogP contribution in [0.5, 0.6) is 0 Å². The Hall–Kier alpha value is -0.870. The topological polar surface area (TPSA) is 47.3 Å². The van der Waals surface area contributed by atoms with Crippen LogP contribution in [0.25, 0.3) is 0 Å². The quantitative estimate of drug-likeness (QED) is 0.674. The van der Waals surface area contributed by atoms with E-state index < -0.39 is 0 Å². The van der Waals surface area contributed by atoms with Crippen molar-refractivity contribution in [2.24, 2.45) is 0 Å². The highest BCUT2D eigenvalue weighted by atomic mass is 16.5. The van der Waals surface area contributed by atoms with E-state index in [4.69, 9.17) is 9.26 Å². The van der Waals surface area contributed by atoms with Gasteiger partial charge in [-0.05, 0) is 13.3 Å². The van der Waals surface area contributed by atoms with Crippen molar-refractivity contribution in [1.29, 1.82) is 0 Å². The highest BCUT2D eigenvalue weighted by Gasteiger charge is 1.98. The van der Waals surface area contributed by atoms with Crippen molar-refractivity contribution in [1.82, 2.24) is 10.5 Å². The van der Waals surface area contributed by atoms with Gasteiger partial charge in [-0.1, -0.05) is 12.1 Å². The molecule has 80 valence electrons. The van der Waals surface area contributed by atoms with Gasteiger partial charge in [0.2, 0.25) is 0 Å². The lowest BCUT2D eigenvalue weighted by Gasteiger charge is -2.02. The largest absolute Gasteiger partial charge is 0.380 e. The van der Waals surface area contributed by atoms with Crippen LogP contribution in [0, 0.1) is 6.92 Å². The third kappa shape index (κ3) is 4.39. The van der Waals surface area contributed by atoms with Gasteiger partial charge in [-0.3, -0.25) is 0 Å². The zero-order chi connectivity index (χ0) is 10.2. The number of nitrogens with one attached hydrogen (secondary N) is 1. The maximum Gasteiger partial charge on any atom is 0.150 e. The van der Waals surface area contributed by atoms with Gasteiger partial charge in [-0.2, -0.15) is 0 Å². The second-order valence-electron chi connectivity index (χ2n) is 3.22. The van der Waals surface area contributed by atoms with Crippen LogP contribution in [-0.2, 0) is 11.3 Å². The van der Waals surface area contributed by atoms with Gasteiger partial charge in [0.25, 0.3) is 0 Å². The van der Waals surface area contributed by atoms with Crippen LogP contribution >= 0.6 is 0 Å². The monoisotopic (exact) mass is 198 g/mol. The van der Waals surface area contributed by atoms with Gasteiger partial charge in [0.05, 0.1) is 18.8 Å². The van der Waals surface area contributed by atoms with Crippen LogP contribution in [0.4, 0.5) is 0 Å². The maximum atomic E-state index is 5.32. The van der Waals surface area contributed by atoms with Crippen LogP contribution < -0.4 is 5.32 Å².